The van der Waals surface area contributed by atoms with Gasteiger partial charge in [-0.3, -0.25) is 4.79 Å². The van der Waals surface area contributed by atoms with Crippen LogP contribution in [0.4, 0.5) is 4.39 Å². The molecule has 26 heavy (non-hydrogen) atoms. The van der Waals surface area contributed by atoms with Gasteiger partial charge in [-0.2, -0.15) is 0 Å². The van der Waals surface area contributed by atoms with E-state index in [1.807, 2.05) is 0 Å². The van der Waals surface area contributed by atoms with Crippen LogP contribution in [0.3, 0.4) is 0 Å². The smallest absolute Gasteiger partial charge is 0.242 e. The van der Waals surface area contributed by atoms with Gasteiger partial charge in [-0.05, 0) is 29.3 Å². The third-order valence-corrected chi connectivity index (χ3v) is 5.70. The number of amides is 1. The number of nitrogens with one attached hydrogen (secondary N) is 1. The molecule has 2 aromatic rings. The molecule has 0 aliphatic rings. The molecule has 1 amide bonds. The van der Waals surface area contributed by atoms with Crippen molar-refractivity contribution in [1.82, 2.24) is 9.62 Å². The van der Waals surface area contributed by atoms with E-state index in [-0.39, 0.29) is 29.5 Å². The fourth-order valence-corrected chi connectivity index (χ4v) is 3.48. The molecule has 2 rings (SSSR count). The van der Waals surface area contributed by atoms with Crippen LogP contribution in [0.1, 0.15) is 11.1 Å². The highest BCUT2D eigenvalue weighted by Crippen LogP contribution is 2.19. The van der Waals surface area contributed by atoms with Gasteiger partial charge in [0.05, 0.1) is 18.4 Å². The topological polar surface area (TPSA) is 75.7 Å². The average Bonchev–Trinajstić information content (AvgIpc) is 2.60. The fourth-order valence-electron chi connectivity index (χ4n) is 2.36. The number of methoxy groups -OCH3 is 1. The Hall–Kier alpha value is -2.45. The predicted octanol–water partition coefficient (Wildman–Crippen LogP) is 1.94. The zero-order chi connectivity index (χ0) is 19.3. The number of ether oxygens (including phenoxy) is 1. The standard InChI is InChI=1S/C18H21FN2O4S/c1-21(2)26(23,24)17-7-5-4-6-14(17)12-20-18(22)11-13-8-9-16(25-3)15(19)10-13/h4-10H,11-12H2,1-3H3,(H,20,22). The lowest BCUT2D eigenvalue weighted by Gasteiger charge is -2.15. The maximum absolute atomic E-state index is 13.7. The summed E-state index contributed by atoms with van der Waals surface area (Å²) in [5, 5.41) is 2.67. The summed E-state index contributed by atoms with van der Waals surface area (Å²) in [7, 11) is 0.651. The van der Waals surface area contributed by atoms with Crippen molar-refractivity contribution >= 4 is 15.9 Å². The van der Waals surface area contributed by atoms with E-state index in [0.29, 0.717) is 11.1 Å². The first-order valence-corrected chi connectivity index (χ1v) is 9.29. The van der Waals surface area contributed by atoms with Crippen LogP contribution < -0.4 is 10.1 Å². The van der Waals surface area contributed by atoms with Crippen LogP contribution in [0, 0.1) is 5.82 Å². The van der Waals surface area contributed by atoms with Crippen molar-refractivity contribution in [2.75, 3.05) is 21.2 Å². The van der Waals surface area contributed by atoms with E-state index in [9.17, 15) is 17.6 Å². The van der Waals surface area contributed by atoms with Crippen molar-refractivity contribution in [2.45, 2.75) is 17.9 Å². The number of carbonyl (C=O) groups excluding carboxylic acids is 1. The second-order valence-electron chi connectivity index (χ2n) is 5.82. The molecule has 6 nitrogen and oxygen atoms in total. The van der Waals surface area contributed by atoms with Crippen molar-refractivity contribution in [2.24, 2.45) is 0 Å². The number of halogens is 1. The third kappa shape index (κ3) is 4.59. The normalized spacial score (nSPS) is 11.4. The van der Waals surface area contributed by atoms with Gasteiger partial charge in [-0.1, -0.05) is 24.3 Å². The molecule has 0 aliphatic heterocycles. The average molecular weight is 380 g/mol. The van der Waals surface area contributed by atoms with Crippen LogP contribution in [0.15, 0.2) is 47.4 Å². The largest absolute Gasteiger partial charge is 0.494 e. The van der Waals surface area contributed by atoms with Crippen LogP contribution in [-0.2, 0) is 27.8 Å². The first kappa shape index (κ1) is 19.9. The van der Waals surface area contributed by atoms with Crippen molar-refractivity contribution < 1.29 is 22.3 Å². The molecule has 8 heteroatoms. The molecule has 0 aromatic heterocycles. The Morgan fingerprint density at radius 1 is 1.19 bits per heavy atom. The summed E-state index contributed by atoms with van der Waals surface area (Å²) >= 11 is 0. The number of rotatable bonds is 7. The van der Waals surface area contributed by atoms with E-state index in [1.54, 1.807) is 24.3 Å². The molecule has 0 atom stereocenters. The second kappa shape index (κ2) is 8.29. The Labute approximate surface area is 152 Å². The van der Waals surface area contributed by atoms with Gasteiger partial charge in [-0.25, -0.2) is 17.1 Å². The number of sulfonamides is 1. The lowest BCUT2D eigenvalue weighted by atomic mass is 10.1. The minimum Gasteiger partial charge on any atom is -0.494 e. The van der Waals surface area contributed by atoms with Gasteiger partial charge in [0.1, 0.15) is 0 Å². The molecular weight excluding hydrogens is 359 g/mol. The Kier molecular flexibility index (Phi) is 6.33. The molecule has 0 spiro atoms. The van der Waals surface area contributed by atoms with Crippen molar-refractivity contribution in [3.05, 3.63) is 59.4 Å². The Balaban J connectivity index is 2.08. The Bertz CT molecular complexity index is 898. The molecule has 1 N–H and O–H groups in total. The number of carbonyl (C=O) groups is 1. The maximum atomic E-state index is 13.7. The van der Waals surface area contributed by atoms with E-state index >= 15 is 0 Å². The SMILES string of the molecule is COc1ccc(CC(=O)NCc2ccccc2S(=O)(=O)N(C)C)cc1F. The number of nitrogens with zero attached hydrogens (tertiary/aromatic N) is 1. The van der Waals surface area contributed by atoms with E-state index in [1.165, 1.54) is 39.4 Å². The Morgan fingerprint density at radius 2 is 1.88 bits per heavy atom. The monoisotopic (exact) mass is 380 g/mol. The van der Waals surface area contributed by atoms with E-state index < -0.39 is 15.8 Å². The number of hydrogen-bond donors (Lipinski definition) is 1. The lowest BCUT2D eigenvalue weighted by molar-refractivity contribution is -0.120. The molecule has 2 aromatic carbocycles. The van der Waals surface area contributed by atoms with Crippen LogP contribution in [0.25, 0.3) is 0 Å². The lowest BCUT2D eigenvalue weighted by Crippen LogP contribution is -2.27. The van der Waals surface area contributed by atoms with Crippen LogP contribution in [0.5, 0.6) is 5.75 Å². The molecule has 0 bridgehead atoms. The first-order valence-electron chi connectivity index (χ1n) is 7.85. The molecule has 140 valence electrons. The minimum atomic E-state index is -3.61. The maximum Gasteiger partial charge on any atom is 0.242 e. The quantitative estimate of drug-likeness (QED) is 0.797. The number of hydrogen-bond acceptors (Lipinski definition) is 4. The van der Waals surface area contributed by atoms with Crippen LogP contribution in [-0.4, -0.2) is 39.8 Å². The summed E-state index contributed by atoms with van der Waals surface area (Å²) in [5.41, 5.74) is 0.977. The van der Waals surface area contributed by atoms with E-state index in [4.69, 9.17) is 4.74 Å². The van der Waals surface area contributed by atoms with Gasteiger partial charge in [-0.15, -0.1) is 0 Å². The first-order chi connectivity index (χ1) is 12.3. The summed E-state index contributed by atoms with van der Waals surface area (Å²) in [6.07, 6.45) is -0.0243. The molecule has 0 aliphatic carbocycles. The van der Waals surface area contributed by atoms with Gasteiger partial charge < -0.3 is 10.1 Å². The van der Waals surface area contributed by atoms with E-state index in [0.717, 1.165) is 4.31 Å². The molecule has 0 saturated carbocycles. The van der Waals surface area contributed by atoms with Crippen molar-refractivity contribution in [3.8, 4) is 5.75 Å². The summed E-state index contributed by atoms with van der Waals surface area (Å²) in [4.78, 5) is 12.3. The van der Waals surface area contributed by atoms with Gasteiger partial charge in [0, 0.05) is 20.6 Å². The fraction of sp³-hybridized carbons (Fsp3) is 0.278. The second-order valence-corrected chi connectivity index (χ2v) is 7.94. The highest BCUT2D eigenvalue weighted by atomic mass is 32.2. The molecule has 0 fully saturated rings. The summed E-state index contributed by atoms with van der Waals surface area (Å²) in [6.45, 7) is 0.0563. The minimum absolute atomic E-state index is 0.0243. The van der Waals surface area contributed by atoms with Gasteiger partial charge >= 0.3 is 0 Å². The highest BCUT2D eigenvalue weighted by molar-refractivity contribution is 7.89. The van der Waals surface area contributed by atoms with Gasteiger partial charge in [0.25, 0.3) is 0 Å². The van der Waals surface area contributed by atoms with Crippen molar-refractivity contribution in [1.29, 1.82) is 0 Å². The molecule has 0 heterocycles. The molecule has 0 unspecified atom stereocenters. The Morgan fingerprint density at radius 3 is 2.50 bits per heavy atom. The molecule has 0 radical (unpaired) electrons. The van der Waals surface area contributed by atoms with Crippen molar-refractivity contribution in [3.63, 3.8) is 0 Å². The zero-order valence-corrected chi connectivity index (χ0v) is 15.6. The van der Waals surface area contributed by atoms with Gasteiger partial charge in [0.2, 0.25) is 15.9 Å². The third-order valence-electron chi connectivity index (χ3n) is 3.79. The van der Waals surface area contributed by atoms with E-state index in [2.05, 4.69) is 5.32 Å². The molecule has 0 saturated heterocycles. The van der Waals surface area contributed by atoms with Crippen LogP contribution >= 0.6 is 0 Å². The number of benzene rings is 2. The summed E-state index contributed by atoms with van der Waals surface area (Å²) < 4.78 is 44.3. The molecular formula is C18H21FN2O4S. The zero-order valence-electron chi connectivity index (χ0n) is 14.8. The summed E-state index contributed by atoms with van der Waals surface area (Å²) in [5.74, 6) is -0.774. The van der Waals surface area contributed by atoms with Crippen LogP contribution in [0.2, 0.25) is 0 Å². The highest BCUT2D eigenvalue weighted by Gasteiger charge is 2.20. The predicted molar refractivity (Wildman–Crippen MR) is 95.8 cm³/mol. The van der Waals surface area contributed by atoms with Gasteiger partial charge in [0.15, 0.2) is 11.6 Å². The summed E-state index contributed by atoms with van der Waals surface area (Å²) in [6, 6.07) is 10.8.